The molecule has 0 aliphatic carbocycles. The zero-order valence-corrected chi connectivity index (χ0v) is 11.2. The molecule has 6 heteroatoms. The van der Waals surface area contributed by atoms with Gasteiger partial charge < -0.3 is 5.32 Å². The third kappa shape index (κ3) is 4.87. The Labute approximate surface area is 121 Å². The zero-order chi connectivity index (χ0) is 14.9. The molecular weight excluding hydrogens is 268 g/mol. The van der Waals surface area contributed by atoms with Crippen LogP contribution in [0.5, 0.6) is 0 Å². The lowest BCUT2D eigenvalue weighted by molar-refractivity contribution is -0.120. The van der Waals surface area contributed by atoms with Gasteiger partial charge in [0.1, 0.15) is 0 Å². The fraction of sp³-hybridized carbons (Fsp3) is 0.0667. The van der Waals surface area contributed by atoms with E-state index >= 15 is 0 Å². The van der Waals surface area contributed by atoms with Crippen LogP contribution in [0.25, 0.3) is 0 Å². The molecule has 106 valence electrons. The Morgan fingerprint density at radius 2 is 1.81 bits per heavy atom. The Balaban J connectivity index is 1.75. The third-order valence-corrected chi connectivity index (χ3v) is 2.55. The first-order valence-corrected chi connectivity index (χ1v) is 6.31. The van der Waals surface area contributed by atoms with E-state index < -0.39 is 5.91 Å². The molecule has 21 heavy (non-hydrogen) atoms. The van der Waals surface area contributed by atoms with Crippen molar-refractivity contribution in [3.05, 3.63) is 66.0 Å². The maximum Gasteiger partial charge on any atom is 0.259 e. The molecule has 0 atom stereocenters. The molecule has 2 aromatic rings. The van der Waals surface area contributed by atoms with E-state index in [1.165, 1.54) is 18.6 Å². The number of pyridine rings is 1. The van der Waals surface area contributed by atoms with Crippen molar-refractivity contribution in [1.82, 2.24) is 15.7 Å². The largest absolute Gasteiger partial charge is 0.343 e. The molecule has 6 nitrogen and oxygen atoms in total. The third-order valence-electron chi connectivity index (χ3n) is 2.55. The highest BCUT2D eigenvalue weighted by Crippen LogP contribution is 1.95. The number of carbonyl (C=O) groups excluding carboxylic acids is 2. The Bertz CT molecular complexity index is 627. The SMILES string of the molecule is O=C(CNC(=O)c1ccncc1)NN=Cc1ccccc1. The second-order valence-electron chi connectivity index (χ2n) is 4.12. The molecule has 0 saturated heterocycles. The molecule has 1 aromatic carbocycles. The molecule has 0 saturated carbocycles. The van der Waals surface area contributed by atoms with Crippen LogP contribution in [0, 0.1) is 0 Å². The fourth-order valence-corrected chi connectivity index (χ4v) is 1.52. The number of carbonyl (C=O) groups is 2. The van der Waals surface area contributed by atoms with Crippen LogP contribution in [0.4, 0.5) is 0 Å². The number of aromatic nitrogens is 1. The van der Waals surface area contributed by atoms with Crippen molar-refractivity contribution in [3.63, 3.8) is 0 Å². The summed E-state index contributed by atoms with van der Waals surface area (Å²) >= 11 is 0. The summed E-state index contributed by atoms with van der Waals surface area (Å²) in [6.07, 6.45) is 4.56. The smallest absolute Gasteiger partial charge is 0.259 e. The summed E-state index contributed by atoms with van der Waals surface area (Å²) in [7, 11) is 0. The summed E-state index contributed by atoms with van der Waals surface area (Å²) in [5.74, 6) is -0.732. The Hall–Kier alpha value is -3.02. The first-order chi connectivity index (χ1) is 10.3. The maximum atomic E-state index is 11.7. The van der Waals surface area contributed by atoms with Crippen LogP contribution >= 0.6 is 0 Å². The molecule has 0 bridgehead atoms. The quantitative estimate of drug-likeness (QED) is 0.633. The molecule has 2 amide bonds. The second-order valence-corrected chi connectivity index (χ2v) is 4.12. The molecule has 1 heterocycles. The van der Waals surface area contributed by atoms with Gasteiger partial charge in [-0.05, 0) is 17.7 Å². The van der Waals surface area contributed by atoms with Gasteiger partial charge in [0.25, 0.3) is 11.8 Å². The maximum absolute atomic E-state index is 11.7. The van der Waals surface area contributed by atoms with Crippen molar-refractivity contribution < 1.29 is 9.59 Å². The van der Waals surface area contributed by atoms with Crippen LogP contribution in [0.3, 0.4) is 0 Å². The Morgan fingerprint density at radius 1 is 1.10 bits per heavy atom. The monoisotopic (exact) mass is 282 g/mol. The normalized spacial score (nSPS) is 10.3. The molecule has 0 spiro atoms. The van der Waals surface area contributed by atoms with Gasteiger partial charge in [-0.25, -0.2) is 5.43 Å². The minimum atomic E-state index is -0.399. The van der Waals surface area contributed by atoms with Gasteiger partial charge in [-0.2, -0.15) is 5.10 Å². The summed E-state index contributed by atoms with van der Waals surface area (Å²) in [4.78, 5) is 27.0. The van der Waals surface area contributed by atoms with Gasteiger partial charge >= 0.3 is 0 Å². The minimum Gasteiger partial charge on any atom is -0.343 e. The molecule has 0 radical (unpaired) electrons. The van der Waals surface area contributed by atoms with E-state index in [4.69, 9.17) is 0 Å². The predicted octanol–water partition coefficient (Wildman–Crippen LogP) is 0.962. The van der Waals surface area contributed by atoms with Crippen molar-refractivity contribution >= 4 is 18.0 Å². The molecule has 0 fully saturated rings. The molecule has 2 rings (SSSR count). The van der Waals surface area contributed by atoms with Crippen LogP contribution in [0.15, 0.2) is 60.0 Å². The number of nitrogens with one attached hydrogen (secondary N) is 2. The highest BCUT2D eigenvalue weighted by atomic mass is 16.2. The van der Waals surface area contributed by atoms with Crippen molar-refractivity contribution in [2.24, 2.45) is 5.10 Å². The predicted molar refractivity (Wildman–Crippen MR) is 78.7 cm³/mol. The van der Waals surface area contributed by atoms with Crippen LogP contribution < -0.4 is 10.7 Å². The number of hydrazone groups is 1. The van der Waals surface area contributed by atoms with E-state index in [0.29, 0.717) is 5.56 Å². The lowest BCUT2D eigenvalue weighted by atomic mass is 10.2. The number of hydrogen-bond donors (Lipinski definition) is 2. The molecule has 0 aliphatic heterocycles. The van der Waals surface area contributed by atoms with Crippen molar-refractivity contribution in [1.29, 1.82) is 0 Å². The summed E-state index contributed by atoms with van der Waals surface area (Å²) in [5.41, 5.74) is 3.66. The number of amides is 2. The van der Waals surface area contributed by atoms with Gasteiger partial charge in [-0.15, -0.1) is 0 Å². The molecule has 1 aromatic heterocycles. The topological polar surface area (TPSA) is 83.5 Å². The van der Waals surface area contributed by atoms with E-state index in [-0.39, 0.29) is 12.5 Å². The van der Waals surface area contributed by atoms with Gasteiger partial charge in [-0.3, -0.25) is 14.6 Å². The Morgan fingerprint density at radius 3 is 2.52 bits per heavy atom. The van der Waals surface area contributed by atoms with Gasteiger partial charge in [0.05, 0.1) is 12.8 Å². The fourth-order valence-electron chi connectivity index (χ4n) is 1.52. The van der Waals surface area contributed by atoms with Crippen molar-refractivity contribution in [2.45, 2.75) is 0 Å². The summed E-state index contributed by atoms with van der Waals surface area (Å²) < 4.78 is 0. The summed E-state index contributed by atoms with van der Waals surface area (Å²) in [6, 6.07) is 12.5. The van der Waals surface area contributed by atoms with Crippen LogP contribution in [0.1, 0.15) is 15.9 Å². The zero-order valence-electron chi connectivity index (χ0n) is 11.2. The summed E-state index contributed by atoms with van der Waals surface area (Å²) in [6.45, 7) is -0.146. The number of benzene rings is 1. The van der Waals surface area contributed by atoms with Crippen molar-refractivity contribution in [2.75, 3.05) is 6.54 Å². The van der Waals surface area contributed by atoms with E-state index in [1.807, 2.05) is 30.3 Å². The standard InChI is InChI=1S/C15H14N4O2/c20-14(19-18-10-12-4-2-1-3-5-12)11-17-15(21)13-6-8-16-9-7-13/h1-10H,11H2,(H,17,21)(H,19,20). The van der Waals surface area contributed by atoms with Gasteiger partial charge in [0.15, 0.2) is 0 Å². The molecule has 2 N–H and O–H groups in total. The van der Waals surface area contributed by atoms with Crippen LogP contribution in [0.2, 0.25) is 0 Å². The van der Waals surface area contributed by atoms with Gasteiger partial charge in [-0.1, -0.05) is 30.3 Å². The van der Waals surface area contributed by atoms with Gasteiger partial charge in [0, 0.05) is 18.0 Å². The summed E-state index contributed by atoms with van der Waals surface area (Å²) in [5, 5.41) is 6.30. The number of rotatable bonds is 5. The Kier molecular flexibility index (Phi) is 5.17. The first-order valence-electron chi connectivity index (χ1n) is 6.31. The second kappa shape index (κ2) is 7.54. The number of nitrogens with zero attached hydrogens (tertiary/aromatic N) is 2. The van der Waals surface area contributed by atoms with Crippen molar-refractivity contribution in [3.8, 4) is 0 Å². The highest BCUT2D eigenvalue weighted by molar-refractivity contribution is 5.96. The average Bonchev–Trinajstić information content (AvgIpc) is 2.54. The molecule has 0 aliphatic rings. The molecular formula is C15H14N4O2. The van der Waals surface area contributed by atoms with E-state index in [1.54, 1.807) is 12.1 Å². The molecule has 0 unspecified atom stereocenters. The average molecular weight is 282 g/mol. The number of hydrogen-bond acceptors (Lipinski definition) is 4. The van der Waals surface area contributed by atoms with E-state index in [0.717, 1.165) is 5.56 Å². The first kappa shape index (κ1) is 14.4. The highest BCUT2D eigenvalue weighted by Gasteiger charge is 2.06. The van der Waals surface area contributed by atoms with E-state index in [9.17, 15) is 9.59 Å². The lowest BCUT2D eigenvalue weighted by Crippen LogP contribution is -2.34. The van der Waals surface area contributed by atoms with Gasteiger partial charge in [0.2, 0.25) is 0 Å². The van der Waals surface area contributed by atoms with Crippen LogP contribution in [-0.4, -0.2) is 29.6 Å². The van der Waals surface area contributed by atoms with E-state index in [2.05, 4.69) is 20.8 Å². The van der Waals surface area contributed by atoms with Crippen LogP contribution in [-0.2, 0) is 4.79 Å². The minimum absolute atomic E-state index is 0.146. The lowest BCUT2D eigenvalue weighted by Gasteiger charge is -2.03.